The van der Waals surface area contributed by atoms with E-state index in [1.165, 1.54) is 12.8 Å². The lowest BCUT2D eigenvalue weighted by molar-refractivity contribution is 0.0531. The molecule has 2 unspecified atom stereocenters. The average molecular weight is 221 g/mol. The molecule has 1 saturated carbocycles. The van der Waals surface area contributed by atoms with E-state index >= 15 is 0 Å². The van der Waals surface area contributed by atoms with Gasteiger partial charge in [0.2, 0.25) is 0 Å². The van der Waals surface area contributed by atoms with Gasteiger partial charge in [0.05, 0.1) is 12.1 Å². The molecule has 0 saturated heterocycles. The van der Waals surface area contributed by atoms with Gasteiger partial charge in [-0.25, -0.2) is 0 Å². The summed E-state index contributed by atoms with van der Waals surface area (Å²) in [6.07, 6.45) is 6.22. The Labute approximate surface area is 96.2 Å². The number of ether oxygens (including phenoxy) is 1. The molecule has 88 valence electrons. The Morgan fingerprint density at radius 3 is 2.81 bits per heavy atom. The number of nitrogens with one attached hydrogen (secondary N) is 1. The van der Waals surface area contributed by atoms with Crippen LogP contribution >= 0.6 is 0 Å². The maximum absolute atomic E-state index is 5.97. The molecule has 4 nitrogen and oxygen atoms in total. The predicted molar refractivity (Wildman–Crippen MR) is 64.0 cm³/mol. The Hall–Kier alpha value is -1.13. The minimum absolute atomic E-state index is 0.131. The first-order valence-electron chi connectivity index (χ1n) is 5.67. The molecular formula is C12H19N3O. The first-order valence-corrected chi connectivity index (χ1v) is 5.67. The molecule has 1 fully saturated rings. The number of nitrogens with zero attached hydrogens (tertiary/aromatic N) is 1. The molecule has 0 bridgehead atoms. The van der Waals surface area contributed by atoms with E-state index in [0.717, 1.165) is 11.3 Å². The molecule has 3 N–H and O–H groups in total. The molecule has 2 atom stereocenters. The van der Waals surface area contributed by atoms with Crippen LogP contribution in [0.2, 0.25) is 0 Å². The summed E-state index contributed by atoms with van der Waals surface area (Å²) in [6, 6.07) is 1.96. The second kappa shape index (κ2) is 4.80. The zero-order valence-corrected chi connectivity index (χ0v) is 9.81. The average Bonchev–Trinajstić information content (AvgIpc) is 3.11. The van der Waals surface area contributed by atoms with Crippen molar-refractivity contribution < 1.29 is 4.74 Å². The van der Waals surface area contributed by atoms with Crippen LogP contribution in [0, 0.1) is 5.92 Å². The number of pyridine rings is 1. The monoisotopic (exact) mass is 221 g/mol. The molecule has 4 heteroatoms. The fourth-order valence-corrected chi connectivity index (χ4v) is 2.20. The van der Waals surface area contributed by atoms with Gasteiger partial charge in [-0.05, 0) is 31.9 Å². The first kappa shape index (κ1) is 11.4. The zero-order valence-electron chi connectivity index (χ0n) is 9.81. The normalized spacial score (nSPS) is 19.4. The fourth-order valence-electron chi connectivity index (χ4n) is 2.20. The van der Waals surface area contributed by atoms with Gasteiger partial charge in [0.15, 0.2) is 0 Å². The number of aromatic nitrogens is 1. The largest absolute Gasteiger partial charge is 0.398 e. The highest BCUT2D eigenvalue weighted by Gasteiger charge is 2.37. The minimum Gasteiger partial charge on any atom is -0.398 e. The van der Waals surface area contributed by atoms with Crippen molar-refractivity contribution in [3.8, 4) is 0 Å². The van der Waals surface area contributed by atoms with Gasteiger partial charge in [0.1, 0.15) is 0 Å². The molecule has 0 spiro atoms. The summed E-state index contributed by atoms with van der Waals surface area (Å²) in [5, 5.41) is 3.29. The molecule has 1 aliphatic carbocycles. The molecule has 0 radical (unpaired) electrons. The van der Waals surface area contributed by atoms with Crippen molar-refractivity contribution in [2.24, 2.45) is 5.92 Å². The maximum atomic E-state index is 5.97. The minimum atomic E-state index is 0.131. The summed E-state index contributed by atoms with van der Waals surface area (Å²) in [5.41, 5.74) is 7.78. The number of nitrogens with two attached hydrogens (primary N) is 1. The van der Waals surface area contributed by atoms with Crippen LogP contribution in [0.3, 0.4) is 0 Å². The fraction of sp³-hybridized carbons (Fsp3) is 0.583. The summed E-state index contributed by atoms with van der Waals surface area (Å²) < 4.78 is 5.59. The van der Waals surface area contributed by atoms with Crippen molar-refractivity contribution in [3.63, 3.8) is 0 Å². The summed E-state index contributed by atoms with van der Waals surface area (Å²) >= 11 is 0. The van der Waals surface area contributed by atoms with E-state index in [-0.39, 0.29) is 12.1 Å². The lowest BCUT2D eigenvalue weighted by Gasteiger charge is -2.26. The van der Waals surface area contributed by atoms with Crippen molar-refractivity contribution >= 4 is 5.69 Å². The topological polar surface area (TPSA) is 60.2 Å². The molecule has 0 aromatic carbocycles. The van der Waals surface area contributed by atoms with Gasteiger partial charge in [0, 0.05) is 30.8 Å². The number of methoxy groups -OCH3 is 1. The van der Waals surface area contributed by atoms with Gasteiger partial charge in [-0.2, -0.15) is 0 Å². The standard InChI is InChI=1S/C12H19N3O/c1-14-11(12(16-2)8-3-4-8)9-7-15-6-5-10(9)13/h5-8,11-12,14H,3-4H2,1-2H3,(H2,13,15). The summed E-state index contributed by atoms with van der Waals surface area (Å²) in [5.74, 6) is 0.655. The number of hydrogen-bond donors (Lipinski definition) is 2. The van der Waals surface area contributed by atoms with E-state index in [0.29, 0.717) is 5.92 Å². The van der Waals surface area contributed by atoms with E-state index in [9.17, 15) is 0 Å². The number of hydrogen-bond acceptors (Lipinski definition) is 4. The molecule has 16 heavy (non-hydrogen) atoms. The van der Waals surface area contributed by atoms with Gasteiger partial charge < -0.3 is 15.8 Å². The SMILES string of the molecule is CNC(c1cnccc1N)C(OC)C1CC1. The van der Waals surface area contributed by atoms with Crippen LogP contribution in [0.4, 0.5) is 5.69 Å². The Morgan fingerprint density at radius 1 is 1.56 bits per heavy atom. The highest BCUT2D eigenvalue weighted by Crippen LogP contribution is 2.40. The van der Waals surface area contributed by atoms with Crippen molar-refractivity contribution in [2.45, 2.75) is 25.0 Å². The van der Waals surface area contributed by atoms with Gasteiger partial charge in [-0.15, -0.1) is 0 Å². The van der Waals surface area contributed by atoms with Gasteiger partial charge in [-0.3, -0.25) is 4.98 Å². The molecular weight excluding hydrogens is 202 g/mol. The van der Waals surface area contributed by atoms with Crippen LogP contribution < -0.4 is 11.1 Å². The predicted octanol–water partition coefficient (Wildman–Crippen LogP) is 1.35. The third-order valence-corrected chi connectivity index (χ3v) is 3.22. The third-order valence-electron chi connectivity index (χ3n) is 3.22. The van der Waals surface area contributed by atoms with E-state index < -0.39 is 0 Å². The molecule has 1 aliphatic rings. The summed E-state index contributed by atoms with van der Waals surface area (Å²) in [4.78, 5) is 4.14. The van der Waals surface area contributed by atoms with Crippen LogP contribution in [0.1, 0.15) is 24.4 Å². The van der Waals surface area contributed by atoms with Crippen molar-refractivity contribution in [1.82, 2.24) is 10.3 Å². The van der Waals surface area contributed by atoms with E-state index in [1.807, 2.05) is 19.3 Å². The van der Waals surface area contributed by atoms with Gasteiger partial charge in [-0.1, -0.05) is 0 Å². The summed E-state index contributed by atoms with van der Waals surface area (Å²) in [7, 11) is 3.70. The highest BCUT2D eigenvalue weighted by molar-refractivity contribution is 5.46. The molecule has 2 rings (SSSR count). The number of anilines is 1. The Bertz CT molecular complexity index is 352. The van der Waals surface area contributed by atoms with E-state index in [4.69, 9.17) is 10.5 Å². The smallest absolute Gasteiger partial charge is 0.0795 e. The zero-order chi connectivity index (χ0) is 11.5. The maximum Gasteiger partial charge on any atom is 0.0795 e. The lowest BCUT2D eigenvalue weighted by Crippen LogP contribution is -2.33. The summed E-state index contributed by atoms with van der Waals surface area (Å²) in [6.45, 7) is 0. The van der Waals surface area contributed by atoms with Crippen LogP contribution in [-0.2, 0) is 4.74 Å². The Morgan fingerprint density at radius 2 is 2.31 bits per heavy atom. The molecule has 1 heterocycles. The molecule has 0 amide bonds. The number of nitrogen functional groups attached to an aromatic ring is 1. The lowest BCUT2D eigenvalue weighted by atomic mass is 9.98. The van der Waals surface area contributed by atoms with Crippen LogP contribution in [0.15, 0.2) is 18.5 Å². The second-order valence-electron chi connectivity index (χ2n) is 4.31. The van der Waals surface area contributed by atoms with Crippen molar-refractivity contribution in [1.29, 1.82) is 0 Å². The van der Waals surface area contributed by atoms with Crippen molar-refractivity contribution in [3.05, 3.63) is 24.0 Å². The van der Waals surface area contributed by atoms with Crippen LogP contribution in [0.5, 0.6) is 0 Å². The second-order valence-corrected chi connectivity index (χ2v) is 4.31. The van der Waals surface area contributed by atoms with Gasteiger partial charge >= 0.3 is 0 Å². The first-order chi connectivity index (χ1) is 7.77. The van der Waals surface area contributed by atoms with Crippen molar-refractivity contribution in [2.75, 3.05) is 19.9 Å². The quantitative estimate of drug-likeness (QED) is 0.788. The molecule has 1 aromatic heterocycles. The Kier molecular flexibility index (Phi) is 3.41. The van der Waals surface area contributed by atoms with E-state index in [2.05, 4.69) is 10.3 Å². The van der Waals surface area contributed by atoms with Gasteiger partial charge in [0.25, 0.3) is 0 Å². The van der Waals surface area contributed by atoms with Crippen LogP contribution in [0.25, 0.3) is 0 Å². The van der Waals surface area contributed by atoms with Crippen LogP contribution in [-0.4, -0.2) is 25.2 Å². The number of rotatable bonds is 5. The van der Waals surface area contributed by atoms with E-state index in [1.54, 1.807) is 13.3 Å². The number of likely N-dealkylation sites (N-methyl/N-ethyl adjacent to an activating group) is 1. The molecule has 1 aromatic rings. The molecule has 0 aliphatic heterocycles. The Balaban J connectivity index is 2.23. The highest BCUT2D eigenvalue weighted by atomic mass is 16.5. The third kappa shape index (κ3) is 2.18.